The number of carbonyl (C=O) groups excluding carboxylic acids is 4. The molecule has 0 fully saturated rings. The third-order valence-corrected chi connectivity index (χ3v) is 5.49. The summed E-state index contributed by atoms with van der Waals surface area (Å²) in [5.41, 5.74) is 21.3. The number of guanidine groups is 1. The molecule has 0 aromatic heterocycles. The number of nitrogens with zero attached hydrogens (tertiary/aromatic N) is 1. The normalized spacial score (nSPS) is 15.8. The molecule has 0 bridgehead atoms. The van der Waals surface area contributed by atoms with E-state index < -0.39 is 65.8 Å². The van der Waals surface area contributed by atoms with Crippen LogP contribution in [0.4, 0.5) is 0 Å². The number of nitrogens with one attached hydrogen (secondary N) is 3. The van der Waals surface area contributed by atoms with Crippen molar-refractivity contribution in [2.24, 2.45) is 33.8 Å². The van der Waals surface area contributed by atoms with Crippen LogP contribution in [0.3, 0.4) is 0 Å². The van der Waals surface area contributed by atoms with Crippen molar-refractivity contribution in [1.82, 2.24) is 16.0 Å². The second-order valence-electron chi connectivity index (χ2n) is 8.55. The van der Waals surface area contributed by atoms with Crippen molar-refractivity contribution >= 4 is 35.6 Å². The number of aliphatic imine (C=N–C) groups is 1. The zero-order valence-electron chi connectivity index (χ0n) is 20.9. The van der Waals surface area contributed by atoms with E-state index in [9.17, 15) is 34.2 Å². The molecule has 6 unspecified atom stereocenters. The quantitative estimate of drug-likeness (QED) is 0.0524. The van der Waals surface area contributed by atoms with Gasteiger partial charge in [-0.3, -0.25) is 24.2 Å². The Labute approximate surface area is 209 Å². The molecule has 6 atom stereocenters. The Morgan fingerprint density at radius 2 is 1.47 bits per heavy atom. The van der Waals surface area contributed by atoms with Gasteiger partial charge >= 0.3 is 5.97 Å². The zero-order valence-corrected chi connectivity index (χ0v) is 20.9. The van der Waals surface area contributed by atoms with Crippen molar-refractivity contribution in [3.63, 3.8) is 0 Å². The zero-order chi connectivity index (χ0) is 28.0. The number of amides is 4. The summed E-state index contributed by atoms with van der Waals surface area (Å²) in [5, 5.41) is 26.3. The maximum absolute atomic E-state index is 13.0. The molecule has 0 aromatic rings. The summed E-state index contributed by atoms with van der Waals surface area (Å²) >= 11 is 0. The van der Waals surface area contributed by atoms with Crippen LogP contribution in [0.2, 0.25) is 0 Å². The lowest BCUT2D eigenvalue weighted by Crippen LogP contribution is -2.59. The minimum atomic E-state index is -1.32. The summed E-state index contributed by atoms with van der Waals surface area (Å²) in [4.78, 5) is 64.9. The van der Waals surface area contributed by atoms with Crippen molar-refractivity contribution in [1.29, 1.82) is 0 Å². The molecule has 13 N–H and O–H groups in total. The van der Waals surface area contributed by atoms with Gasteiger partial charge in [0.2, 0.25) is 23.6 Å². The summed E-state index contributed by atoms with van der Waals surface area (Å²) in [6.07, 6.45) is -0.928. The van der Waals surface area contributed by atoms with Gasteiger partial charge < -0.3 is 49.1 Å². The molecule has 206 valence electrons. The molecule has 36 heavy (non-hydrogen) atoms. The minimum Gasteiger partial charge on any atom is -0.480 e. The third kappa shape index (κ3) is 12.3. The Hall–Kier alpha value is -3.46. The molecule has 0 rings (SSSR count). The first-order valence-electron chi connectivity index (χ1n) is 11.6. The monoisotopic (exact) mass is 516 g/mol. The Morgan fingerprint density at radius 3 is 1.94 bits per heavy atom. The Bertz CT molecular complexity index is 801. The Morgan fingerprint density at radius 1 is 0.889 bits per heavy atom. The van der Waals surface area contributed by atoms with Gasteiger partial charge in [0.25, 0.3) is 0 Å². The lowest BCUT2D eigenvalue weighted by molar-refractivity contribution is -0.142. The molecular formula is C21H40N8O7. The van der Waals surface area contributed by atoms with Gasteiger partial charge in [0.15, 0.2) is 5.96 Å². The van der Waals surface area contributed by atoms with E-state index in [2.05, 4.69) is 20.9 Å². The number of carbonyl (C=O) groups is 5. The Kier molecular flexibility index (Phi) is 14.7. The fourth-order valence-corrected chi connectivity index (χ4v) is 3.02. The number of carboxylic acids is 1. The van der Waals surface area contributed by atoms with Crippen LogP contribution in [0.25, 0.3) is 0 Å². The van der Waals surface area contributed by atoms with Crippen molar-refractivity contribution < 1.29 is 34.2 Å². The summed E-state index contributed by atoms with van der Waals surface area (Å²) in [6, 6.07) is -5.04. The SMILES string of the molecule is CCC(C)C(NC(=O)C(N)C(C)O)C(=O)NC(CCC(N)=O)C(=O)NC(CCCN=C(N)N)C(=O)O. The molecule has 0 radical (unpaired) electrons. The van der Waals surface area contributed by atoms with E-state index >= 15 is 0 Å². The van der Waals surface area contributed by atoms with E-state index in [0.29, 0.717) is 6.42 Å². The van der Waals surface area contributed by atoms with Crippen LogP contribution in [-0.4, -0.2) is 82.6 Å². The van der Waals surface area contributed by atoms with Crippen LogP contribution >= 0.6 is 0 Å². The molecule has 15 heteroatoms. The molecule has 0 spiro atoms. The maximum atomic E-state index is 13.0. The van der Waals surface area contributed by atoms with Crippen LogP contribution in [-0.2, 0) is 24.0 Å². The van der Waals surface area contributed by atoms with Crippen molar-refractivity contribution in [3.05, 3.63) is 0 Å². The number of hydrogen-bond donors (Lipinski definition) is 9. The highest BCUT2D eigenvalue weighted by Crippen LogP contribution is 2.10. The van der Waals surface area contributed by atoms with Gasteiger partial charge in [-0.05, 0) is 32.1 Å². The molecule has 4 amide bonds. The highest BCUT2D eigenvalue weighted by atomic mass is 16.4. The van der Waals surface area contributed by atoms with Crippen molar-refractivity contribution in [2.45, 2.75) is 83.1 Å². The molecule has 0 heterocycles. The topological polar surface area (TPSA) is 278 Å². The van der Waals surface area contributed by atoms with Crippen LogP contribution in [0, 0.1) is 5.92 Å². The molecule has 0 saturated carbocycles. The first-order valence-corrected chi connectivity index (χ1v) is 11.6. The molecular weight excluding hydrogens is 476 g/mol. The summed E-state index contributed by atoms with van der Waals surface area (Å²) in [5.74, 6) is -4.97. The molecule has 0 aliphatic rings. The summed E-state index contributed by atoms with van der Waals surface area (Å²) < 4.78 is 0. The summed E-state index contributed by atoms with van der Waals surface area (Å²) in [6.45, 7) is 4.94. The second kappa shape index (κ2) is 16.3. The predicted octanol–water partition coefficient (Wildman–Crippen LogP) is -3.40. The van der Waals surface area contributed by atoms with Crippen LogP contribution < -0.4 is 38.9 Å². The van der Waals surface area contributed by atoms with Crippen LogP contribution in [0.1, 0.15) is 52.9 Å². The van der Waals surface area contributed by atoms with Gasteiger partial charge in [-0.15, -0.1) is 0 Å². The van der Waals surface area contributed by atoms with Gasteiger partial charge in [0.05, 0.1) is 6.10 Å². The Balaban J connectivity index is 5.60. The predicted molar refractivity (Wildman–Crippen MR) is 131 cm³/mol. The van der Waals surface area contributed by atoms with Crippen LogP contribution in [0.15, 0.2) is 4.99 Å². The van der Waals surface area contributed by atoms with E-state index in [-0.39, 0.29) is 38.2 Å². The van der Waals surface area contributed by atoms with E-state index in [0.717, 1.165) is 0 Å². The van der Waals surface area contributed by atoms with E-state index in [1.165, 1.54) is 6.92 Å². The molecule has 0 saturated heterocycles. The fraction of sp³-hybridized carbons (Fsp3) is 0.714. The molecule has 0 aliphatic heterocycles. The van der Waals surface area contributed by atoms with E-state index in [1.807, 2.05) is 0 Å². The lowest BCUT2D eigenvalue weighted by atomic mass is 9.96. The largest absolute Gasteiger partial charge is 0.480 e. The number of rotatable bonds is 17. The standard InChI is InChI=1S/C21H40N8O7/c1-4-10(2)16(29-18(33)15(23)11(3)30)19(34)27-12(7-8-14(22)31)17(32)28-13(20(35)36)6-5-9-26-21(24)25/h10-13,15-16,30H,4-9,23H2,1-3H3,(H2,22,31)(H,27,34)(H,28,32)(H,29,33)(H,35,36)(H4,24,25,26). The third-order valence-electron chi connectivity index (χ3n) is 5.49. The van der Waals surface area contributed by atoms with Crippen LogP contribution in [0.5, 0.6) is 0 Å². The molecule has 0 aromatic carbocycles. The van der Waals surface area contributed by atoms with Gasteiger partial charge in [0.1, 0.15) is 24.2 Å². The van der Waals surface area contributed by atoms with Crippen molar-refractivity contribution in [3.8, 4) is 0 Å². The molecule has 0 aliphatic carbocycles. The van der Waals surface area contributed by atoms with Gasteiger partial charge in [-0.25, -0.2) is 4.79 Å². The summed E-state index contributed by atoms with van der Waals surface area (Å²) in [7, 11) is 0. The number of nitrogens with two attached hydrogens (primary N) is 4. The second-order valence-corrected chi connectivity index (χ2v) is 8.55. The number of primary amides is 1. The van der Waals surface area contributed by atoms with Gasteiger partial charge in [-0.2, -0.15) is 0 Å². The number of hydrogen-bond acceptors (Lipinski definition) is 8. The van der Waals surface area contributed by atoms with Gasteiger partial charge in [-0.1, -0.05) is 20.3 Å². The van der Waals surface area contributed by atoms with Crippen molar-refractivity contribution in [2.75, 3.05) is 6.54 Å². The van der Waals surface area contributed by atoms with Gasteiger partial charge in [0, 0.05) is 13.0 Å². The first kappa shape index (κ1) is 32.5. The average molecular weight is 517 g/mol. The first-order chi connectivity index (χ1) is 16.7. The minimum absolute atomic E-state index is 0.00285. The fourth-order valence-electron chi connectivity index (χ4n) is 3.02. The maximum Gasteiger partial charge on any atom is 0.326 e. The lowest BCUT2D eigenvalue weighted by Gasteiger charge is -2.28. The number of aliphatic hydroxyl groups excluding tert-OH is 1. The highest BCUT2D eigenvalue weighted by Gasteiger charge is 2.33. The number of aliphatic hydroxyl groups is 1. The number of carboxylic acid groups (broad SMARTS) is 1. The highest BCUT2D eigenvalue weighted by molar-refractivity contribution is 5.94. The molecule has 15 nitrogen and oxygen atoms in total. The average Bonchev–Trinajstić information content (AvgIpc) is 2.79. The van der Waals surface area contributed by atoms with E-state index in [4.69, 9.17) is 22.9 Å². The van der Waals surface area contributed by atoms with E-state index in [1.54, 1.807) is 13.8 Å². The smallest absolute Gasteiger partial charge is 0.326 e. The number of aliphatic carboxylic acids is 1.